The summed E-state index contributed by atoms with van der Waals surface area (Å²) in [6, 6.07) is 3.21. The van der Waals surface area contributed by atoms with Gasteiger partial charge in [0.1, 0.15) is 5.82 Å². The summed E-state index contributed by atoms with van der Waals surface area (Å²) in [5.41, 5.74) is 0. The van der Waals surface area contributed by atoms with Crippen LogP contribution in [0.4, 0.5) is 5.82 Å². The van der Waals surface area contributed by atoms with E-state index in [4.69, 9.17) is 16.3 Å². The SMILES string of the molecule is C[C@H](OC(=O)C1CCCC1)C(=O)Nc1ccc(Cl)cn1. The van der Waals surface area contributed by atoms with Crippen LogP contribution in [-0.4, -0.2) is 23.0 Å². The number of hydrogen-bond acceptors (Lipinski definition) is 4. The van der Waals surface area contributed by atoms with E-state index in [2.05, 4.69) is 10.3 Å². The van der Waals surface area contributed by atoms with Crippen molar-refractivity contribution in [1.29, 1.82) is 0 Å². The summed E-state index contributed by atoms with van der Waals surface area (Å²) < 4.78 is 5.19. The van der Waals surface area contributed by atoms with E-state index >= 15 is 0 Å². The van der Waals surface area contributed by atoms with Crippen LogP contribution in [0.1, 0.15) is 32.6 Å². The van der Waals surface area contributed by atoms with Gasteiger partial charge in [-0.25, -0.2) is 4.98 Å². The molecule has 1 saturated carbocycles. The number of rotatable bonds is 4. The van der Waals surface area contributed by atoms with E-state index < -0.39 is 12.0 Å². The molecule has 0 radical (unpaired) electrons. The normalized spacial score (nSPS) is 16.7. The van der Waals surface area contributed by atoms with E-state index in [-0.39, 0.29) is 11.9 Å². The van der Waals surface area contributed by atoms with Gasteiger partial charge in [0.05, 0.1) is 10.9 Å². The Balaban J connectivity index is 1.85. The molecule has 1 aromatic rings. The van der Waals surface area contributed by atoms with Crippen LogP contribution < -0.4 is 5.32 Å². The Morgan fingerprint density at radius 3 is 2.70 bits per heavy atom. The summed E-state index contributed by atoms with van der Waals surface area (Å²) in [6.07, 6.45) is 4.41. The first-order valence-corrected chi connectivity index (χ1v) is 7.07. The molecule has 0 spiro atoms. The van der Waals surface area contributed by atoms with E-state index in [1.807, 2.05) is 0 Å². The fourth-order valence-electron chi connectivity index (χ4n) is 2.16. The number of carbonyl (C=O) groups is 2. The number of amides is 1. The number of halogens is 1. The molecule has 2 rings (SSSR count). The number of ether oxygens (including phenoxy) is 1. The lowest BCUT2D eigenvalue weighted by molar-refractivity contribution is -0.157. The van der Waals surface area contributed by atoms with Crippen molar-refractivity contribution in [2.24, 2.45) is 5.92 Å². The maximum atomic E-state index is 11.9. The number of nitrogens with zero attached hydrogens (tertiary/aromatic N) is 1. The van der Waals surface area contributed by atoms with Gasteiger partial charge in [0, 0.05) is 6.20 Å². The zero-order valence-electron chi connectivity index (χ0n) is 11.3. The molecular weight excluding hydrogens is 280 g/mol. The molecule has 20 heavy (non-hydrogen) atoms. The van der Waals surface area contributed by atoms with Crippen LogP contribution in [0.25, 0.3) is 0 Å². The average molecular weight is 297 g/mol. The average Bonchev–Trinajstić information content (AvgIpc) is 2.95. The van der Waals surface area contributed by atoms with Gasteiger partial charge in [0.25, 0.3) is 5.91 Å². The van der Waals surface area contributed by atoms with Gasteiger partial charge in [0.2, 0.25) is 0 Å². The molecule has 1 aliphatic rings. The minimum atomic E-state index is -0.833. The molecule has 1 N–H and O–H groups in total. The molecule has 5 nitrogen and oxygen atoms in total. The van der Waals surface area contributed by atoms with Gasteiger partial charge in [0.15, 0.2) is 6.10 Å². The highest BCUT2D eigenvalue weighted by Crippen LogP contribution is 2.26. The third kappa shape index (κ3) is 3.93. The van der Waals surface area contributed by atoms with E-state index in [9.17, 15) is 9.59 Å². The Morgan fingerprint density at radius 2 is 2.10 bits per heavy atom. The van der Waals surface area contributed by atoms with Gasteiger partial charge in [-0.05, 0) is 31.9 Å². The van der Waals surface area contributed by atoms with E-state index in [0.717, 1.165) is 25.7 Å². The van der Waals surface area contributed by atoms with Crippen molar-refractivity contribution in [3.8, 4) is 0 Å². The highest BCUT2D eigenvalue weighted by molar-refractivity contribution is 6.30. The van der Waals surface area contributed by atoms with Crippen LogP contribution in [-0.2, 0) is 14.3 Å². The van der Waals surface area contributed by atoms with Gasteiger partial charge >= 0.3 is 5.97 Å². The van der Waals surface area contributed by atoms with Gasteiger partial charge in [-0.2, -0.15) is 0 Å². The third-order valence-corrected chi connectivity index (χ3v) is 3.55. The van der Waals surface area contributed by atoms with Crippen molar-refractivity contribution in [2.45, 2.75) is 38.7 Å². The lowest BCUT2D eigenvalue weighted by Gasteiger charge is -2.15. The molecule has 1 fully saturated rings. The largest absolute Gasteiger partial charge is 0.452 e. The van der Waals surface area contributed by atoms with Crippen LogP contribution >= 0.6 is 11.6 Å². The Morgan fingerprint density at radius 1 is 1.40 bits per heavy atom. The number of anilines is 1. The maximum absolute atomic E-state index is 11.9. The molecule has 0 aromatic carbocycles. The van der Waals surface area contributed by atoms with E-state index in [1.54, 1.807) is 19.1 Å². The minimum Gasteiger partial charge on any atom is -0.452 e. The minimum absolute atomic E-state index is 0.0566. The quantitative estimate of drug-likeness (QED) is 0.868. The number of hydrogen-bond donors (Lipinski definition) is 1. The van der Waals surface area contributed by atoms with E-state index in [1.165, 1.54) is 6.20 Å². The fourth-order valence-corrected chi connectivity index (χ4v) is 2.27. The van der Waals surface area contributed by atoms with Gasteiger partial charge in [-0.15, -0.1) is 0 Å². The monoisotopic (exact) mass is 296 g/mol. The molecular formula is C14H17ClN2O3. The van der Waals surface area contributed by atoms with Gasteiger partial charge < -0.3 is 10.1 Å². The summed E-state index contributed by atoms with van der Waals surface area (Å²) in [5.74, 6) is -0.359. The number of carbonyl (C=O) groups excluding carboxylic acids is 2. The Labute approximate surface area is 122 Å². The topological polar surface area (TPSA) is 68.3 Å². The van der Waals surface area contributed by atoms with Crippen LogP contribution in [0.5, 0.6) is 0 Å². The van der Waals surface area contributed by atoms with Crippen molar-refractivity contribution in [3.05, 3.63) is 23.4 Å². The zero-order valence-corrected chi connectivity index (χ0v) is 12.0. The summed E-state index contributed by atoms with van der Waals surface area (Å²) >= 11 is 5.71. The Bertz CT molecular complexity index is 484. The second-order valence-electron chi connectivity index (χ2n) is 4.91. The first kappa shape index (κ1) is 14.8. The van der Waals surface area contributed by atoms with Gasteiger partial charge in [-0.1, -0.05) is 24.4 Å². The molecule has 1 amide bonds. The Kier molecular flexibility index (Phi) is 4.95. The molecule has 0 unspecified atom stereocenters. The summed E-state index contributed by atoms with van der Waals surface area (Å²) in [5, 5.41) is 3.07. The molecule has 1 heterocycles. The lowest BCUT2D eigenvalue weighted by Crippen LogP contribution is -2.32. The first-order valence-electron chi connectivity index (χ1n) is 6.69. The molecule has 1 atom stereocenters. The smallest absolute Gasteiger partial charge is 0.309 e. The second-order valence-corrected chi connectivity index (χ2v) is 5.35. The second kappa shape index (κ2) is 6.70. The van der Waals surface area contributed by atoms with Crippen molar-refractivity contribution in [3.63, 3.8) is 0 Å². The predicted octanol–water partition coefficient (Wildman–Crippen LogP) is 2.80. The van der Waals surface area contributed by atoms with Gasteiger partial charge in [-0.3, -0.25) is 9.59 Å². The first-order chi connectivity index (χ1) is 9.56. The van der Waals surface area contributed by atoms with Crippen LogP contribution in [0.3, 0.4) is 0 Å². The highest BCUT2D eigenvalue weighted by Gasteiger charge is 2.27. The fraction of sp³-hybridized carbons (Fsp3) is 0.500. The maximum Gasteiger partial charge on any atom is 0.309 e. The molecule has 0 bridgehead atoms. The summed E-state index contributed by atoms with van der Waals surface area (Å²) in [7, 11) is 0. The molecule has 6 heteroatoms. The van der Waals surface area contributed by atoms with Crippen LogP contribution in [0, 0.1) is 5.92 Å². The number of aromatic nitrogens is 1. The molecule has 108 valence electrons. The van der Waals surface area contributed by atoms with Crippen LogP contribution in [0.15, 0.2) is 18.3 Å². The van der Waals surface area contributed by atoms with Crippen LogP contribution in [0.2, 0.25) is 5.02 Å². The number of esters is 1. The summed E-state index contributed by atoms with van der Waals surface area (Å²) in [6.45, 7) is 1.55. The molecule has 0 saturated heterocycles. The predicted molar refractivity (Wildman–Crippen MR) is 75.4 cm³/mol. The Hall–Kier alpha value is -1.62. The molecule has 1 aliphatic carbocycles. The van der Waals surface area contributed by atoms with E-state index in [0.29, 0.717) is 10.8 Å². The summed E-state index contributed by atoms with van der Waals surface area (Å²) in [4.78, 5) is 27.7. The molecule has 1 aromatic heterocycles. The van der Waals surface area contributed by atoms with Crippen molar-refractivity contribution in [1.82, 2.24) is 4.98 Å². The number of nitrogens with one attached hydrogen (secondary N) is 1. The van der Waals surface area contributed by atoms with Crippen molar-refractivity contribution < 1.29 is 14.3 Å². The van der Waals surface area contributed by atoms with Crippen molar-refractivity contribution in [2.75, 3.05) is 5.32 Å². The van der Waals surface area contributed by atoms with Crippen molar-refractivity contribution >= 4 is 29.3 Å². The number of pyridine rings is 1. The zero-order chi connectivity index (χ0) is 14.5. The standard InChI is InChI=1S/C14H17ClN2O3/c1-9(20-14(19)10-4-2-3-5-10)13(18)17-12-7-6-11(15)8-16-12/h6-10H,2-5H2,1H3,(H,16,17,18)/t9-/m0/s1. The third-order valence-electron chi connectivity index (χ3n) is 3.33. The highest BCUT2D eigenvalue weighted by atomic mass is 35.5. The molecule has 0 aliphatic heterocycles. The lowest BCUT2D eigenvalue weighted by atomic mass is 10.1.